The Bertz CT molecular complexity index is 1370. The van der Waals surface area contributed by atoms with Gasteiger partial charge in [-0.25, -0.2) is 0 Å². The van der Waals surface area contributed by atoms with Crippen LogP contribution in [-0.2, 0) is 15.0 Å². The number of piperazine rings is 1. The van der Waals surface area contributed by atoms with E-state index in [4.69, 9.17) is 4.74 Å². The van der Waals surface area contributed by atoms with Gasteiger partial charge in [-0.05, 0) is 57.4 Å². The highest BCUT2D eigenvalue weighted by atomic mass is 16.5. The monoisotopic (exact) mass is 445 g/mol. The molecule has 6 heterocycles. The molecule has 4 saturated heterocycles. The van der Waals surface area contributed by atoms with Crippen LogP contribution in [0.1, 0.15) is 68.6 Å². The van der Waals surface area contributed by atoms with Gasteiger partial charge in [-0.15, -0.1) is 0 Å². The minimum atomic E-state index is -1.53. The Hall–Kier alpha value is -3.09. The molecule has 2 aromatic rings. The fourth-order valence-corrected chi connectivity index (χ4v) is 7.32. The predicted molar refractivity (Wildman–Crippen MR) is 122 cm³/mol. The van der Waals surface area contributed by atoms with Crippen LogP contribution in [0.4, 0.5) is 0 Å². The zero-order valence-electron chi connectivity index (χ0n) is 19.3. The van der Waals surface area contributed by atoms with Crippen LogP contribution >= 0.6 is 0 Å². The molecule has 33 heavy (non-hydrogen) atoms. The van der Waals surface area contributed by atoms with Crippen LogP contribution in [0.5, 0.6) is 5.75 Å². The highest BCUT2D eigenvalue weighted by Crippen LogP contribution is 2.59. The van der Waals surface area contributed by atoms with Crippen molar-refractivity contribution in [2.24, 2.45) is 5.92 Å². The number of carbonyl (C=O) groups excluding carboxylic acids is 3. The average Bonchev–Trinajstić information content (AvgIpc) is 3.36. The van der Waals surface area contributed by atoms with Gasteiger partial charge in [0.05, 0.1) is 5.52 Å². The fourth-order valence-electron chi connectivity index (χ4n) is 7.32. The number of hydrogen-bond donors (Lipinski definition) is 2. The molecule has 5 aliphatic heterocycles. The molecule has 2 N–H and O–H groups in total. The Morgan fingerprint density at radius 1 is 1.12 bits per heavy atom. The Morgan fingerprint density at radius 3 is 2.70 bits per heavy atom. The fraction of sp³-hybridized carbons (Fsp3) is 0.500. The molecule has 0 saturated carbocycles. The third-order valence-electron chi connectivity index (χ3n) is 8.97. The Labute approximate surface area is 191 Å². The number of H-pyrrole nitrogens is 1. The summed E-state index contributed by atoms with van der Waals surface area (Å²) >= 11 is 0. The maximum Gasteiger partial charge on any atom is 0.257 e. The van der Waals surface area contributed by atoms with Crippen molar-refractivity contribution < 1.29 is 19.1 Å². The van der Waals surface area contributed by atoms with Crippen molar-refractivity contribution in [3.8, 4) is 5.75 Å². The van der Waals surface area contributed by atoms with Gasteiger partial charge in [-0.2, -0.15) is 0 Å². The van der Waals surface area contributed by atoms with E-state index in [1.54, 1.807) is 4.90 Å². The summed E-state index contributed by atoms with van der Waals surface area (Å²) in [4.78, 5) is 46.7. The number of carbonyl (C=O) groups is 3. The predicted octanol–water partition coefficient (Wildman–Crippen LogP) is 3.08. The summed E-state index contributed by atoms with van der Waals surface area (Å²) in [5, 5.41) is 3.76. The molecule has 7 heteroatoms. The number of nitrogens with one attached hydrogen (secondary N) is 2. The van der Waals surface area contributed by atoms with Crippen LogP contribution < -0.4 is 10.1 Å². The molecule has 1 aromatic heterocycles. The van der Waals surface area contributed by atoms with E-state index in [1.165, 1.54) is 0 Å². The van der Waals surface area contributed by atoms with Crippen molar-refractivity contribution in [1.82, 2.24) is 15.2 Å². The maximum atomic E-state index is 14.3. The highest BCUT2D eigenvalue weighted by Gasteiger charge is 2.76. The first-order valence-corrected chi connectivity index (χ1v) is 11.8. The van der Waals surface area contributed by atoms with Gasteiger partial charge in [-0.3, -0.25) is 14.4 Å². The number of ketones is 1. The number of rotatable bonds is 0. The summed E-state index contributed by atoms with van der Waals surface area (Å²) < 4.78 is 6.15. The zero-order chi connectivity index (χ0) is 23.1. The zero-order valence-corrected chi connectivity index (χ0v) is 19.3. The number of aromatic amines is 1. The van der Waals surface area contributed by atoms with E-state index >= 15 is 0 Å². The highest BCUT2D eigenvalue weighted by molar-refractivity contribution is 6.28. The van der Waals surface area contributed by atoms with Gasteiger partial charge in [-0.1, -0.05) is 13.8 Å². The standard InChI is InChI=1S/C26H27N3O4/c1-23(2)10-8-13-15(33-23)7-6-14-17-19(27-18(13)14)24(3,4)16-12-25-9-5-11-29(25)22(32)26(16,20(17)30)28-21(25)31/h6-8,10,16,27H,5,9,11-12H2,1-4H3,(H,28,31). The Kier molecular flexibility index (Phi) is 3.14. The van der Waals surface area contributed by atoms with E-state index in [2.05, 4.69) is 24.1 Å². The summed E-state index contributed by atoms with van der Waals surface area (Å²) in [5.41, 5.74) is -0.146. The SMILES string of the molecule is CC1(C)C=Cc2c(ccc3c4c([nH]c23)C(C)(C)C2CC35CCCN3C(=O)C2(NC5=O)C4=O)O1. The molecule has 170 valence electrons. The first kappa shape index (κ1) is 19.4. The first-order valence-electron chi connectivity index (χ1n) is 11.8. The number of benzene rings is 1. The lowest BCUT2D eigenvalue weighted by atomic mass is 9.51. The van der Waals surface area contributed by atoms with Gasteiger partial charge >= 0.3 is 0 Å². The molecule has 8 rings (SSSR count). The van der Waals surface area contributed by atoms with Gasteiger partial charge in [0.1, 0.15) is 16.9 Å². The second kappa shape index (κ2) is 5.34. The molecule has 2 amide bonds. The van der Waals surface area contributed by atoms with Crippen molar-refractivity contribution >= 4 is 34.6 Å². The summed E-state index contributed by atoms with van der Waals surface area (Å²) in [6, 6.07) is 3.80. The molecule has 3 atom stereocenters. The molecular weight excluding hydrogens is 418 g/mol. The minimum Gasteiger partial charge on any atom is -0.483 e. The minimum absolute atomic E-state index is 0.167. The van der Waals surface area contributed by atoms with Crippen LogP contribution in [0.3, 0.4) is 0 Å². The second-order valence-electron chi connectivity index (χ2n) is 11.5. The van der Waals surface area contributed by atoms with Crippen molar-refractivity contribution in [3.63, 3.8) is 0 Å². The van der Waals surface area contributed by atoms with Crippen molar-refractivity contribution in [2.75, 3.05) is 6.54 Å². The van der Waals surface area contributed by atoms with Crippen molar-refractivity contribution in [1.29, 1.82) is 0 Å². The van der Waals surface area contributed by atoms with Crippen molar-refractivity contribution in [2.45, 2.75) is 69.1 Å². The summed E-state index contributed by atoms with van der Waals surface area (Å²) in [6.45, 7) is 8.74. The molecule has 1 aliphatic carbocycles. The number of hydrogen-bond acceptors (Lipinski definition) is 4. The third kappa shape index (κ3) is 1.94. The van der Waals surface area contributed by atoms with Gasteiger partial charge in [0.2, 0.25) is 11.7 Å². The number of amides is 2. The normalized spacial score (nSPS) is 34.5. The van der Waals surface area contributed by atoms with Crippen LogP contribution in [-0.4, -0.2) is 50.7 Å². The number of piperidine rings is 2. The van der Waals surface area contributed by atoms with E-state index in [0.717, 1.165) is 34.3 Å². The molecule has 4 fully saturated rings. The number of fused-ring (bicyclic) bond motifs is 6. The number of aromatic nitrogens is 1. The molecule has 0 radical (unpaired) electrons. The number of ether oxygens (including phenoxy) is 1. The van der Waals surface area contributed by atoms with Gasteiger partial charge < -0.3 is 19.9 Å². The third-order valence-corrected chi connectivity index (χ3v) is 8.97. The van der Waals surface area contributed by atoms with E-state index in [1.807, 2.05) is 38.1 Å². The number of Topliss-reactive ketones (excluding diaryl/α,β-unsaturated/α-hetero) is 1. The lowest BCUT2D eigenvalue weighted by molar-refractivity contribution is -0.174. The molecule has 6 aliphatic rings. The smallest absolute Gasteiger partial charge is 0.257 e. The van der Waals surface area contributed by atoms with Gasteiger partial charge in [0, 0.05) is 40.1 Å². The van der Waals surface area contributed by atoms with Crippen LogP contribution in [0.2, 0.25) is 0 Å². The summed E-state index contributed by atoms with van der Waals surface area (Å²) in [6.07, 6.45) is 6.03. The summed E-state index contributed by atoms with van der Waals surface area (Å²) in [7, 11) is 0. The Morgan fingerprint density at radius 2 is 1.91 bits per heavy atom. The molecule has 2 spiro atoms. The lowest BCUT2D eigenvalue weighted by Gasteiger charge is -2.62. The topological polar surface area (TPSA) is 91.5 Å². The average molecular weight is 446 g/mol. The molecule has 1 aromatic carbocycles. The van der Waals surface area contributed by atoms with E-state index in [-0.39, 0.29) is 23.5 Å². The Balaban J connectivity index is 1.51. The molecule has 7 nitrogen and oxygen atoms in total. The quantitative estimate of drug-likeness (QED) is 0.610. The molecule has 3 unspecified atom stereocenters. The maximum absolute atomic E-state index is 14.3. The van der Waals surface area contributed by atoms with E-state index in [9.17, 15) is 14.4 Å². The van der Waals surface area contributed by atoms with Crippen molar-refractivity contribution in [3.05, 3.63) is 35.0 Å². The molecule has 2 bridgehead atoms. The van der Waals surface area contributed by atoms with Gasteiger partial charge in [0.25, 0.3) is 5.91 Å². The van der Waals surface area contributed by atoms with E-state index in [0.29, 0.717) is 24.9 Å². The number of nitrogens with zero attached hydrogens (tertiary/aromatic N) is 1. The van der Waals surface area contributed by atoms with E-state index < -0.39 is 22.1 Å². The van der Waals surface area contributed by atoms with Crippen LogP contribution in [0, 0.1) is 5.92 Å². The lowest BCUT2D eigenvalue weighted by Crippen LogP contribution is -2.86. The largest absolute Gasteiger partial charge is 0.483 e. The van der Waals surface area contributed by atoms with Crippen LogP contribution in [0.25, 0.3) is 17.0 Å². The van der Waals surface area contributed by atoms with Crippen LogP contribution in [0.15, 0.2) is 18.2 Å². The molecular formula is C26H27N3O4. The first-order chi connectivity index (χ1) is 15.5. The second-order valence-corrected chi connectivity index (χ2v) is 11.5. The summed E-state index contributed by atoms with van der Waals surface area (Å²) in [5.74, 6) is -0.220. The van der Waals surface area contributed by atoms with Gasteiger partial charge in [0.15, 0.2) is 5.54 Å².